The topological polar surface area (TPSA) is 192 Å². The molecule has 0 aliphatic rings. The third kappa shape index (κ3) is 28.7. The van der Waals surface area contributed by atoms with Crippen molar-refractivity contribution >= 4 is 27.5 Å². The minimum atomic E-state index is -4.57. The van der Waals surface area contributed by atoms with E-state index in [1.807, 2.05) is 36.4 Å². The Morgan fingerprint density at radius 3 is 1.14 bits per heavy atom. The van der Waals surface area contributed by atoms with Crippen molar-refractivity contribution in [2.75, 3.05) is 13.2 Å². The van der Waals surface area contributed by atoms with E-state index in [9.17, 15) is 18.7 Å². The molecule has 0 unspecified atom stereocenters. The van der Waals surface area contributed by atoms with E-state index in [2.05, 4.69) is 33.5 Å². The van der Waals surface area contributed by atoms with Crippen molar-refractivity contribution in [1.82, 2.24) is 10.6 Å². The second-order valence-corrected chi connectivity index (χ2v) is 14.9. The molecule has 284 valence electrons. The number of carbonyl (C=O) groups excluding carboxylic acids is 2. The second kappa shape index (κ2) is 30.0. The van der Waals surface area contributed by atoms with Gasteiger partial charge in [0.1, 0.15) is 0 Å². The first-order valence-corrected chi connectivity index (χ1v) is 21.0. The molecule has 15 heteroatoms. The first-order chi connectivity index (χ1) is 23.8. The van der Waals surface area contributed by atoms with Crippen LogP contribution < -0.4 is 40.2 Å². The zero-order valence-electron chi connectivity index (χ0n) is 30.8. The Morgan fingerprint density at radius 2 is 0.843 bits per heavy atom. The monoisotopic (exact) mass is 765 g/mol. The molecule has 51 heavy (non-hydrogen) atoms. The summed E-state index contributed by atoms with van der Waals surface area (Å²) < 4.78 is 31.0. The van der Waals surface area contributed by atoms with Gasteiger partial charge in [0.2, 0.25) is 11.8 Å². The predicted molar refractivity (Wildman–Crippen MR) is 196 cm³/mol. The molecule has 2 aromatic carbocycles. The Kier molecular flexibility index (Phi) is 29.2. The van der Waals surface area contributed by atoms with Crippen molar-refractivity contribution in [3.05, 3.63) is 71.8 Å². The number of hydrogen-bond donors (Lipinski definition) is 6. The summed E-state index contributed by atoms with van der Waals surface area (Å²) in [5, 5.41) is 5.62. The maximum Gasteiger partial charge on any atom is 1.00 e. The molecule has 0 spiro atoms. The van der Waals surface area contributed by atoms with Gasteiger partial charge in [-0.05, 0) is 24.0 Å². The van der Waals surface area contributed by atoms with E-state index >= 15 is 0 Å². The number of amides is 2. The molecule has 2 amide bonds. The first kappa shape index (κ1) is 49.6. The summed E-state index contributed by atoms with van der Waals surface area (Å²) in [5.41, 5.74) is 1.51. The number of rotatable bonds is 26. The maximum absolute atomic E-state index is 12.1. The van der Waals surface area contributed by atoms with E-state index in [-0.39, 0.29) is 54.6 Å². The van der Waals surface area contributed by atoms with Crippen LogP contribution in [0.4, 0.5) is 0 Å². The van der Waals surface area contributed by atoms with Crippen LogP contribution in [0, 0.1) is 0 Å². The minimum absolute atomic E-state index is 0. The van der Waals surface area contributed by atoms with E-state index in [1.54, 1.807) is 24.3 Å². The van der Waals surface area contributed by atoms with Gasteiger partial charge in [-0.2, -0.15) is 0 Å². The number of hydrogen-bond acceptors (Lipinski definition) is 6. The van der Waals surface area contributed by atoms with Crippen molar-refractivity contribution in [2.45, 2.75) is 129 Å². The standard InChI is InChI=1S/2C18H30NO5P.Na/c2*1-2-3-4-5-6-7-11-14-18(20)19-17(15-24-25(21,22)23)16-12-9-8-10-13-16;/h2*8-10,12-13,17H,2-7,11,14-15H2,1H3,(H,19,20)(H2,21,22,23);/q;;+1/t2*17-;/m11./s1. The minimum Gasteiger partial charge on any atom is -0.347 e. The molecule has 0 saturated carbocycles. The number of unbranched alkanes of at least 4 members (excludes halogenated alkanes) is 12. The summed E-state index contributed by atoms with van der Waals surface area (Å²) in [6, 6.07) is 16.9. The van der Waals surface area contributed by atoms with Crippen molar-refractivity contribution in [1.29, 1.82) is 0 Å². The van der Waals surface area contributed by atoms with Gasteiger partial charge in [-0.25, -0.2) is 9.13 Å². The van der Waals surface area contributed by atoms with Crippen LogP contribution in [-0.4, -0.2) is 44.6 Å². The predicted octanol–water partition coefficient (Wildman–Crippen LogP) is 5.19. The summed E-state index contributed by atoms with van der Waals surface area (Å²) in [7, 11) is -9.15. The van der Waals surface area contributed by atoms with Gasteiger partial charge in [-0.15, -0.1) is 0 Å². The average molecular weight is 766 g/mol. The molecule has 0 aliphatic heterocycles. The third-order valence-corrected chi connectivity index (χ3v) is 8.88. The van der Waals surface area contributed by atoms with Crippen molar-refractivity contribution in [3.8, 4) is 0 Å². The van der Waals surface area contributed by atoms with Crippen LogP contribution in [0.3, 0.4) is 0 Å². The molecule has 0 fully saturated rings. The summed E-state index contributed by atoms with van der Waals surface area (Å²) >= 11 is 0. The van der Waals surface area contributed by atoms with Gasteiger partial charge in [-0.1, -0.05) is 152 Å². The number of phosphoric ester groups is 2. The zero-order valence-corrected chi connectivity index (χ0v) is 34.6. The van der Waals surface area contributed by atoms with E-state index in [0.717, 1.165) is 49.7 Å². The Balaban J connectivity index is 0.000000962. The average Bonchev–Trinajstić information content (AvgIpc) is 3.08. The van der Waals surface area contributed by atoms with E-state index in [1.165, 1.54) is 51.4 Å². The zero-order chi connectivity index (χ0) is 37.1. The van der Waals surface area contributed by atoms with E-state index < -0.39 is 27.7 Å². The number of carbonyl (C=O) groups is 2. The van der Waals surface area contributed by atoms with Gasteiger partial charge in [0, 0.05) is 12.8 Å². The van der Waals surface area contributed by atoms with Gasteiger partial charge in [-0.3, -0.25) is 18.6 Å². The van der Waals surface area contributed by atoms with E-state index in [4.69, 9.17) is 19.6 Å². The maximum atomic E-state index is 12.1. The number of benzene rings is 2. The normalized spacial score (nSPS) is 12.5. The fraction of sp³-hybridized carbons (Fsp3) is 0.611. The summed E-state index contributed by atoms with van der Waals surface area (Å²) in [4.78, 5) is 59.8. The molecule has 0 aliphatic carbocycles. The van der Waals surface area contributed by atoms with Gasteiger partial charge < -0.3 is 30.2 Å². The van der Waals surface area contributed by atoms with Crippen LogP contribution in [0.2, 0.25) is 0 Å². The molecule has 6 N–H and O–H groups in total. The molecule has 0 radical (unpaired) electrons. The Bertz CT molecular complexity index is 1170. The van der Waals surface area contributed by atoms with Gasteiger partial charge in [0.05, 0.1) is 25.3 Å². The van der Waals surface area contributed by atoms with Gasteiger partial charge in [0.15, 0.2) is 0 Å². The molecule has 12 nitrogen and oxygen atoms in total. The fourth-order valence-electron chi connectivity index (χ4n) is 5.17. The molecule has 2 atom stereocenters. The van der Waals surface area contributed by atoms with Gasteiger partial charge >= 0.3 is 45.2 Å². The Hall–Kier alpha value is -1.40. The quantitative estimate of drug-likeness (QED) is 0.0422. The molecule has 0 bridgehead atoms. The third-order valence-electron chi connectivity index (χ3n) is 7.91. The molecular weight excluding hydrogens is 705 g/mol. The van der Waals surface area contributed by atoms with Crippen LogP contribution in [0.1, 0.15) is 140 Å². The first-order valence-electron chi connectivity index (χ1n) is 17.9. The van der Waals surface area contributed by atoms with Crippen LogP contribution in [0.25, 0.3) is 0 Å². The largest absolute Gasteiger partial charge is 1.00 e. The van der Waals surface area contributed by atoms with Gasteiger partial charge in [0.25, 0.3) is 0 Å². The summed E-state index contributed by atoms with van der Waals surface area (Å²) in [6.07, 6.45) is 16.6. The van der Waals surface area contributed by atoms with Crippen LogP contribution in [0.5, 0.6) is 0 Å². The molecule has 0 aromatic heterocycles. The van der Waals surface area contributed by atoms with Crippen LogP contribution in [-0.2, 0) is 27.8 Å². The Labute approximate surface area is 327 Å². The summed E-state index contributed by atoms with van der Waals surface area (Å²) in [5.74, 6) is -0.256. The van der Waals surface area contributed by atoms with Crippen molar-refractivity contribution < 1.29 is 76.9 Å². The van der Waals surface area contributed by atoms with Crippen LogP contribution >= 0.6 is 15.6 Å². The Morgan fingerprint density at radius 1 is 0.549 bits per heavy atom. The van der Waals surface area contributed by atoms with Crippen molar-refractivity contribution in [2.24, 2.45) is 0 Å². The SMILES string of the molecule is CCCCCCCCCC(=O)N[C@H](COP(=O)(O)O)c1ccccc1.CCCCCCCCCC(=O)N[C@H](COP(=O)(O)O)c1ccccc1.[Na+]. The van der Waals surface area contributed by atoms with Crippen molar-refractivity contribution in [3.63, 3.8) is 0 Å². The second-order valence-electron chi connectivity index (χ2n) is 12.4. The van der Waals surface area contributed by atoms with E-state index in [0.29, 0.717) is 12.8 Å². The molecule has 2 aromatic rings. The summed E-state index contributed by atoms with van der Waals surface area (Å²) in [6.45, 7) is 3.83. The molecule has 0 heterocycles. The molecule has 2 rings (SSSR count). The molecule has 0 saturated heterocycles. The number of nitrogens with one attached hydrogen (secondary N) is 2. The van der Waals surface area contributed by atoms with Crippen LogP contribution in [0.15, 0.2) is 60.7 Å². The smallest absolute Gasteiger partial charge is 0.347 e. The molecular formula is C36H60N2NaO10P2+. The fourth-order valence-corrected chi connectivity index (χ4v) is 5.86. The number of phosphoric acid groups is 2.